The Hall–Kier alpha value is -2.44. The second-order valence-electron chi connectivity index (χ2n) is 8.14. The minimum atomic E-state index is -0.328. The molecule has 1 aromatic heterocycles. The second kappa shape index (κ2) is 9.79. The lowest BCUT2D eigenvalue weighted by Crippen LogP contribution is -2.43. The first-order valence-corrected chi connectivity index (χ1v) is 11.7. The van der Waals surface area contributed by atoms with Crippen molar-refractivity contribution in [2.45, 2.75) is 51.3 Å². The predicted molar refractivity (Wildman–Crippen MR) is 125 cm³/mol. The smallest absolute Gasteiger partial charge is 0.251 e. The normalized spacial score (nSPS) is 18.8. The molecule has 0 saturated heterocycles. The highest BCUT2D eigenvalue weighted by Crippen LogP contribution is 2.36. The maximum Gasteiger partial charge on any atom is 0.251 e. The summed E-state index contributed by atoms with van der Waals surface area (Å²) in [7, 11) is 2.18. The lowest BCUT2D eigenvalue weighted by molar-refractivity contribution is 0.0925. The number of carbonyl (C=O) groups is 1. The summed E-state index contributed by atoms with van der Waals surface area (Å²) >= 11 is 1.80. The van der Waals surface area contributed by atoms with Crippen molar-refractivity contribution in [3.63, 3.8) is 0 Å². The number of rotatable bonds is 7. The van der Waals surface area contributed by atoms with Gasteiger partial charge in [0.1, 0.15) is 5.82 Å². The van der Waals surface area contributed by atoms with E-state index in [0.29, 0.717) is 18.2 Å². The number of anilines is 1. The summed E-state index contributed by atoms with van der Waals surface area (Å²) in [6.45, 7) is 3.41. The van der Waals surface area contributed by atoms with E-state index in [1.807, 2.05) is 6.92 Å². The van der Waals surface area contributed by atoms with Gasteiger partial charge in [0.15, 0.2) is 0 Å². The monoisotopic (exact) mass is 440 g/mol. The molecule has 0 atom stereocenters. The predicted octanol–water partition coefficient (Wildman–Crippen LogP) is 5.75. The van der Waals surface area contributed by atoms with Crippen LogP contribution in [0.2, 0.25) is 0 Å². The number of nitrogens with one attached hydrogen (secondary N) is 1. The van der Waals surface area contributed by atoms with Crippen LogP contribution < -0.4 is 10.2 Å². The zero-order chi connectivity index (χ0) is 21.8. The molecule has 1 saturated carbocycles. The van der Waals surface area contributed by atoms with Crippen molar-refractivity contribution >= 4 is 33.0 Å². The third-order valence-electron chi connectivity index (χ3n) is 6.10. The molecule has 4 rings (SSSR count). The van der Waals surface area contributed by atoms with Crippen LogP contribution in [0.4, 0.5) is 10.1 Å². The minimum Gasteiger partial charge on any atom is -0.376 e. The van der Waals surface area contributed by atoms with Crippen molar-refractivity contribution in [1.82, 2.24) is 5.32 Å². The molecular weight excluding hydrogens is 411 g/mol. The minimum absolute atomic E-state index is 0.123. The average Bonchev–Trinajstić information content (AvgIpc) is 3.21. The van der Waals surface area contributed by atoms with Gasteiger partial charge in [0.05, 0.1) is 6.61 Å². The number of hydrogen-bond donors (Lipinski definition) is 1. The molecule has 1 aliphatic rings. The van der Waals surface area contributed by atoms with Gasteiger partial charge >= 0.3 is 0 Å². The van der Waals surface area contributed by atoms with Gasteiger partial charge in [-0.05, 0) is 75.1 Å². The van der Waals surface area contributed by atoms with Crippen molar-refractivity contribution in [1.29, 1.82) is 0 Å². The Morgan fingerprint density at radius 2 is 1.90 bits per heavy atom. The Morgan fingerprint density at radius 3 is 2.61 bits per heavy atom. The first-order chi connectivity index (χ1) is 15.0. The molecule has 0 bridgehead atoms. The number of amides is 1. The summed E-state index contributed by atoms with van der Waals surface area (Å²) in [6, 6.07) is 15.1. The van der Waals surface area contributed by atoms with Gasteiger partial charge in [0.2, 0.25) is 0 Å². The lowest BCUT2D eigenvalue weighted by Gasteiger charge is -2.36. The molecule has 1 N–H and O–H groups in total. The fraction of sp³-hybridized carbons (Fsp3) is 0.400. The molecule has 1 heterocycles. The van der Waals surface area contributed by atoms with E-state index in [2.05, 4.69) is 41.5 Å². The molecule has 1 fully saturated rings. The summed E-state index contributed by atoms with van der Waals surface area (Å²) in [5, 5.41) is 4.40. The van der Waals surface area contributed by atoms with Crippen LogP contribution in [-0.2, 0) is 11.3 Å². The molecule has 1 amide bonds. The maximum absolute atomic E-state index is 13.1. The number of hydrogen-bond acceptors (Lipinski definition) is 4. The van der Waals surface area contributed by atoms with Crippen LogP contribution in [0.15, 0.2) is 48.5 Å². The van der Waals surface area contributed by atoms with Crippen LogP contribution in [0.1, 0.15) is 47.8 Å². The highest BCUT2D eigenvalue weighted by molar-refractivity contribution is 7.19. The topological polar surface area (TPSA) is 41.6 Å². The summed E-state index contributed by atoms with van der Waals surface area (Å²) < 4.78 is 20.0. The second-order valence-corrected chi connectivity index (χ2v) is 9.30. The van der Waals surface area contributed by atoms with E-state index in [4.69, 9.17) is 4.74 Å². The Bertz CT molecular complexity index is 1030. The first-order valence-electron chi connectivity index (χ1n) is 10.9. The number of benzene rings is 2. The molecule has 31 heavy (non-hydrogen) atoms. The summed E-state index contributed by atoms with van der Waals surface area (Å²) in [5.41, 5.74) is 1.77. The molecule has 2 aromatic carbocycles. The zero-order valence-corrected chi connectivity index (χ0v) is 18.9. The van der Waals surface area contributed by atoms with E-state index >= 15 is 0 Å². The fourth-order valence-electron chi connectivity index (χ4n) is 4.35. The molecular formula is C25H29FN2O2S. The van der Waals surface area contributed by atoms with Gasteiger partial charge in [-0.1, -0.05) is 6.07 Å². The van der Waals surface area contributed by atoms with Crippen LogP contribution in [0.5, 0.6) is 0 Å². The zero-order valence-electron chi connectivity index (χ0n) is 18.1. The van der Waals surface area contributed by atoms with Crippen LogP contribution >= 0.6 is 11.3 Å². The highest BCUT2D eigenvalue weighted by atomic mass is 32.1. The standard InChI is InChI=1S/C25H29FN2O2S/c1-3-30-16-21-15-22-23(5-4-6-24(22)31-21)28(2)20-13-11-19(12-14-20)27-25(29)17-7-9-18(26)10-8-17/h4-10,15,19-20H,3,11-14,16H2,1-2H3,(H,27,29). The van der Waals surface area contributed by atoms with E-state index in [0.717, 1.165) is 32.3 Å². The summed E-state index contributed by atoms with van der Waals surface area (Å²) in [5.74, 6) is -0.451. The van der Waals surface area contributed by atoms with Crippen molar-refractivity contribution in [3.05, 3.63) is 64.8 Å². The molecule has 0 aliphatic heterocycles. The molecule has 3 aromatic rings. The highest BCUT2D eigenvalue weighted by Gasteiger charge is 2.26. The van der Waals surface area contributed by atoms with Crippen LogP contribution in [-0.4, -0.2) is 31.6 Å². The van der Waals surface area contributed by atoms with Crippen molar-refractivity contribution in [2.24, 2.45) is 0 Å². The van der Waals surface area contributed by atoms with Gasteiger partial charge in [0, 0.05) is 52.0 Å². The van der Waals surface area contributed by atoms with Gasteiger partial charge in [0.25, 0.3) is 5.91 Å². The third-order valence-corrected chi connectivity index (χ3v) is 7.18. The Labute approximate surface area is 187 Å². The fourth-order valence-corrected chi connectivity index (χ4v) is 5.38. The average molecular weight is 441 g/mol. The Kier molecular flexibility index (Phi) is 6.88. The van der Waals surface area contributed by atoms with Crippen LogP contribution in [0.3, 0.4) is 0 Å². The Balaban J connectivity index is 1.38. The van der Waals surface area contributed by atoms with Gasteiger partial charge in [-0.25, -0.2) is 4.39 Å². The summed E-state index contributed by atoms with van der Waals surface area (Å²) in [6.07, 6.45) is 3.93. The van der Waals surface area contributed by atoms with E-state index < -0.39 is 0 Å². The van der Waals surface area contributed by atoms with Gasteiger partial charge < -0.3 is 15.0 Å². The van der Waals surface area contributed by atoms with Crippen molar-refractivity contribution in [3.8, 4) is 0 Å². The largest absolute Gasteiger partial charge is 0.376 e. The van der Waals surface area contributed by atoms with Gasteiger partial charge in [-0.2, -0.15) is 0 Å². The van der Waals surface area contributed by atoms with E-state index in [9.17, 15) is 9.18 Å². The molecule has 0 spiro atoms. The first kappa shape index (κ1) is 21.8. The SMILES string of the molecule is CCOCc1cc2c(N(C)C3CCC(NC(=O)c4ccc(F)cc4)CC3)cccc2s1. The van der Waals surface area contributed by atoms with E-state index in [1.165, 1.54) is 44.9 Å². The number of fused-ring (bicyclic) bond motifs is 1. The van der Waals surface area contributed by atoms with Gasteiger partial charge in [-0.15, -0.1) is 11.3 Å². The van der Waals surface area contributed by atoms with Crippen molar-refractivity contribution < 1.29 is 13.9 Å². The number of halogens is 1. The van der Waals surface area contributed by atoms with Gasteiger partial charge in [-0.3, -0.25) is 4.79 Å². The molecule has 4 nitrogen and oxygen atoms in total. The van der Waals surface area contributed by atoms with E-state index in [1.54, 1.807) is 11.3 Å². The number of nitrogens with zero attached hydrogens (tertiary/aromatic N) is 1. The quantitative estimate of drug-likeness (QED) is 0.508. The Morgan fingerprint density at radius 1 is 1.16 bits per heavy atom. The van der Waals surface area contributed by atoms with Crippen LogP contribution in [0, 0.1) is 5.82 Å². The molecule has 1 aliphatic carbocycles. The molecule has 0 unspecified atom stereocenters. The summed E-state index contributed by atoms with van der Waals surface area (Å²) in [4.78, 5) is 16.1. The molecule has 0 radical (unpaired) electrons. The lowest BCUT2D eigenvalue weighted by atomic mass is 9.89. The van der Waals surface area contributed by atoms with Crippen molar-refractivity contribution in [2.75, 3.05) is 18.6 Å². The number of thiophene rings is 1. The van der Waals surface area contributed by atoms with E-state index in [-0.39, 0.29) is 17.8 Å². The number of carbonyl (C=O) groups excluding carboxylic acids is 1. The maximum atomic E-state index is 13.1. The molecule has 164 valence electrons. The molecule has 6 heteroatoms. The number of ether oxygens (including phenoxy) is 1. The van der Waals surface area contributed by atoms with Crippen LogP contribution in [0.25, 0.3) is 10.1 Å². The third kappa shape index (κ3) is 5.08.